The van der Waals surface area contributed by atoms with E-state index in [0.717, 1.165) is 50.9 Å². The van der Waals surface area contributed by atoms with Crippen molar-refractivity contribution in [1.29, 1.82) is 0 Å². The van der Waals surface area contributed by atoms with Crippen molar-refractivity contribution in [1.82, 2.24) is 15.5 Å². The lowest BCUT2D eigenvalue weighted by atomic mass is 9.80. The van der Waals surface area contributed by atoms with Gasteiger partial charge < -0.3 is 20.1 Å². The first-order chi connectivity index (χ1) is 15.1. The van der Waals surface area contributed by atoms with Crippen molar-refractivity contribution in [2.24, 2.45) is 4.99 Å². The molecule has 0 unspecified atom stereocenters. The average molecular weight is 559 g/mol. The number of carbonyl (C=O) groups is 1. The minimum Gasteiger partial charge on any atom is -0.453 e. The monoisotopic (exact) mass is 559 g/mol. The number of rotatable bonds is 7. The van der Waals surface area contributed by atoms with Gasteiger partial charge in [-0.1, -0.05) is 31.4 Å². The Hall–Kier alpha value is -1.59. The standard InChI is InChI=1S/C23H37N5O3.HI/c1-3-24-21(25-17-19-7-9-20(10-8-19)27-22(29)30-2)26-18-23(11-5-4-6-12-23)28-13-15-31-16-14-28;/h7-10H,3-6,11-18H2,1-2H3,(H,27,29)(H2,24,25,26);1H. The second-order valence-corrected chi connectivity index (χ2v) is 8.25. The molecule has 0 radical (unpaired) electrons. The molecule has 0 aromatic heterocycles. The Kier molecular flexibility index (Phi) is 11.5. The molecule has 1 amide bonds. The van der Waals surface area contributed by atoms with Crippen LogP contribution < -0.4 is 16.0 Å². The van der Waals surface area contributed by atoms with E-state index >= 15 is 0 Å². The van der Waals surface area contributed by atoms with Crippen LogP contribution in [0.3, 0.4) is 0 Å². The van der Waals surface area contributed by atoms with E-state index in [4.69, 9.17) is 9.73 Å². The normalized spacial score (nSPS) is 18.9. The Morgan fingerprint density at radius 1 is 1.12 bits per heavy atom. The third-order valence-corrected chi connectivity index (χ3v) is 6.20. The molecule has 1 aliphatic heterocycles. The van der Waals surface area contributed by atoms with E-state index in [1.54, 1.807) is 0 Å². The molecule has 2 aliphatic rings. The predicted molar refractivity (Wildman–Crippen MR) is 139 cm³/mol. The lowest BCUT2D eigenvalue weighted by molar-refractivity contribution is -0.0352. The van der Waals surface area contributed by atoms with Crippen molar-refractivity contribution >= 4 is 41.7 Å². The molecule has 0 bridgehead atoms. The zero-order chi connectivity index (χ0) is 21.9. The van der Waals surface area contributed by atoms with Crippen LogP contribution in [0.25, 0.3) is 0 Å². The first-order valence-corrected chi connectivity index (χ1v) is 11.4. The molecule has 180 valence electrons. The molecule has 3 N–H and O–H groups in total. The summed E-state index contributed by atoms with van der Waals surface area (Å²) in [6.07, 6.45) is 5.90. The number of nitrogens with one attached hydrogen (secondary N) is 3. The molecular formula is C23H38IN5O3. The number of methoxy groups -OCH3 is 1. The van der Waals surface area contributed by atoms with Gasteiger partial charge in [0.15, 0.2) is 5.96 Å². The number of amides is 1. The topological polar surface area (TPSA) is 87.2 Å². The molecule has 1 heterocycles. The molecule has 3 rings (SSSR count). The molecule has 0 atom stereocenters. The number of halogens is 1. The zero-order valence-corrected chi connectivity index (χ0v) is 21.7. The molecule has 0 spiro atoms. The molecule has 9 heteroatoms. The van der Waals surface area contributed by atoms with Crippen LogP contribution in [0, 0.1) is 0 Å². The second kappa shape index (κ2) is 13.8. The van der Waals surface area contributed by atoms with Crippen LogP contribution in [-0.2, 0) is 16.0 Å². The van der Waals surface area contributed by atoms with Crippen LogP contribution in [0.2, 0.25) is 0 Å². The molecule has 8 nitrogen and oxygen atoms in total. The van der Waals surface area contributed by atoms with Gasteiger partial charge in [0.05, 0.1) is 26.9 Å². The highest BCUT2D eigenvalue weighted by atomic mass is 127. The summed E-state index contributed by atoms with van der Waals surface area (Å²) in [5, 5.41) is 9.67. The van der Waals surface area contributed by atoms with E-state index in [9.17, 15) is 4.79 Å². The fourth-order valence-electron chi connectivity index (χ4n) is 4.48. The van der Waals surface area contributed by atoms with Crippen LogP contribution in [0.4, 0.5) is 10.5 Å². The Labute approximate surface area is 208 Å². The fourth-order valence-corrected chi connectivity index (χ4v) is 4.48. The summed E-state index contributed by atoms with van der Waals surface area (Å²) >= 11 is 0. The van der Waals surface area contributed by atoms with E-state index in [2.05, 4.69) is 32.5 Å². The van der Waals surface area contributed by atoms with Crippen molar-refractivity contribution in [3.63, 3.8) is 0 Å². The molecular weight excluding hydrogens is 521 g/mol. The molecule has 32 heavy (non-hydrogen) atoms. The Morgan fingerprint density at radius 2 is 1.81 bits per heavy atom. The summed E-state index contributed by atoms with van der Waals surface area (Å²) in [6, 6.07) is 7.65. The van der Waals surface area contributed by atoms with Crippen LogP contribution in [-0.4, -0.2) is 69.0 Å². The summed E-state index contributed by atoms with van der Waals surface area (Å²) in [5.74, 6) is 0.845. The maximum Gasteiger partial charge on any atom is 0.411 e. The van der Waals surface area contributed by atoms with Crippen molar-refractivity contribution in [3.8, 4) is 0 Å². The Bertz CT molecular complexity index is 717. The summed E-state index contributed by atoms with van der Waals surface area (Å²) < 4.78 is 10.2. The number of hydrogen-bond acceptors (Lipinski definition) is 5. The van der Waals surface area contributed by atoms with Gasteiger partial charge in [0, 0.05) is 37.4 Å². The molecule has 2 fully saturated rings. The van der Waals surface area contributed by atoms with Crippen molar-refractivity contribution in [3.05, 3.63) is 29.8 Å². The van der Waals surface area contributed by atoms with Gasteiger partial charge in [-0.2, -0.15) is 0 Å². The maximum atomic E-state index is 11.3. The minimum absolute atomic E-state index is 0. The third-order valence-electron chi connectivity index (χ3n) is 6.20. The Balaban J connectivity index is 0.00000363. The van der Waals surface area contributed by atoms with E-state index in [0.29, 0.717) is 12.2 Å². The molecule has 1 saturated carbocycles. The number of nitrogens with zero attached hydrogens (tertiary/aromatic N) is 2. The summed E-state index contributed by atoms with van der Waals surface area (Å²) in [6.45, 7) is 8.07. The highest BCUT2D eigenvalue weighted by Crippen LogP contribution is 2.33. The quantitative estimate of drug-likeness (QED) is 0.269. The van der Waals surface area contributed by atoms with E-state index in [1.807, 2.05) is 24.3 Å². The van der Waals surface area contributed by atoms with Crippen molar-refractivity contribution in [2.75, 3.05) is 51.8 Å². The van der Waals surface area contributed by atoms with Gasteiger partial charge in [0.2, 0.25) is 0 Å². The average Bonchev–Trinajstić information content (AvgIpc) is 2.83. The van der Waals surface area contributed by atoms with Gasteiger partial charge in [0.1, 0.15) is 0 Å². The van der Waals surface area contributed by atoms with Gasteiger partial charge in [-0.3, -0.25) is 10.2 Å². The van der Waals surface area contributed by atoms with Crippen molar-refractivity contribution in [2.45, 2.75) is 51.1 Å². The number of ether oxygens (including phenoxy) is 2. The van der Waals surface area contributed by atoms with Crippen LogP contribution in [0.1, 0.15) is 44.6 Å². The number of anilines is 1. The number of aliphatic imine (C=N–C) groups is 1. The number of morpholine rings is 1. The van der Waals surface area contributed by atoms with Gasteiger partial charge >= 0.3 is 6.09 Å². The first kappa shape index (κ1) is 26.7. The highest BCUT2D eigenvalue weighted by Gasteiger charge is 2.38. The maximum absolute atomic E-state index is 11.3. The smallest absolute Gasteiger partial charge is 0.411 e. The SMILES string of the molecule is CCNC(=NCc1ccc(NC(=O)OC)cc1)NCC1(N2CCOCC2)CCCCC1.I. The minimum atomic E-state index is -0.471. The van der Waals surface area contributed by atoms with Gasteiger partial charge in [-0.05, 0) is 37.5 Å². The van der Waals surface area contributed by atoms with E-state index in [1.165, 1.54) is 39.2 Å². The van der Waals surface area contributed by atoms with Crippen LogP contribution >= 0.6 is 24.0 Å². The fraction of sp³-hybridized carbons (Fsp3) is 0.652. The summed E-state index contributed by atoms with van der Waals surface area (Å²) in [7, 11) is 1.35. The first-order valence-electron chi connectivity index (χ1n) is 11.4. The number of guanidine groups is 1. The number of hydrogen-bond donors (Lipinski definition) is 3. The Morgan fingerprint density at radius 3 is 2.44 bits per heavy atom. The van der Waals surface area contributed by atoms with Gasteiger partial charge in [-0.25, -0.2) is 9.79 Å². The van der Waals surface area contributed by atoms with E-state index < -0.39 is 6.09 Å². The van der Waals surface area contributed by atoms with Crippen LogP contribution in [0.5, 0.6) is 0 Å². The second-order valence-electron chi connectivity index (χ2n) is 8.25. The summed E-state index contributed by atoms with van der Waals surface area (Å²) in [5.41, 5.74) is 1.97. The van der Waals surface area contributed by atoms with Crippen LogP contribution in [0.15, 0.2) is 29.3 Å². The zero-order valence-electron chi connectivity index (χ0n) is 19.3. The van der Waals surface area contributed by atoms with Crippen molar-refractivity contribution < 1.29 is 14.3 Å². The molecule has 1 aliphatic carbocycles. The molecule has 1 aromatic carbocycles. The highest BCUT2D eigenvalue weighted by molar-refractivity contribution is 14.0. The van der Waals surface area contributed by atoms with Gasteiger partial charge in [0.25, 0.3) is 0 Å². The molecule has 1 aromatic rings. The largest absolute Gasteiger partial charge is 0.453 e. The predicted octanol–water partition coefficient (Wildman–Crippen LogP) is 3.57. The van der Waals surface area contributed by atoms with E-state index in [-0.39, 0.29) is 29.5 Å². The number of carbonyl (C=O) groups excluding carboxylic acids is 1. The summed E-state index contributed by atoms with van der Waals surface area (Å²) in [4.78, 5) is 18.7. The number of benzene rings is 1. The lowest BCUT2D eigenvalue weighted by Crippen LogP contribution is -2.60. The lowest BCUT2D eigenvalue weighted by Gasteiger charge is -2.48. The third kappa shape index (κ3) is 7.77. The molecule has 1 saturated heterocycles. The van der Waals surface area contributed by atoms with Gasteiger partial charge in [-0.15, -0.1) is 24.0 Å².